The van der Waals surface area contributed by atoms with Crippen molar-refractivity contribution in [2.45, 2.75) is 25.4 Å². The molecular weight excluding hydrogens is 286 g/mol. The zero-order valence-electron chi connectivity index (χ0n) is 12.1. The lowest BCUT2D eigenvalue weighted by molar-refractivity contribution is -0.133. The highest BCUT2D eigenvalue weighted by molar-refractivity contribution is 5.97. The van der Waals surface area contributed by atoms with Gasteiger partial charge in [-0.05, 0) is 5.56 Å². The molecule has 1 fully saturated rings. The summed E-state index contributed by atoms with van der Waals surface area (Å²) in [5, 5.41) is 13.8. The van der Waals surface area contributed by atoms with Gasteiger partial charge in [0.25, 0.3) is 0 Å². The van der Waals surface area contributed by atoms with Crippen molar-refractivity contribution in [2.75, 3.05) is 13.2 Å². The second kappa shape index (κ2) is 7.56. The van der Waals surface area contributed by atoms with Crippen LogP contribution in [0.15, 0.2) is 30.3 Å². The van der Waals surface area contributed by atoms with E-state index in [-0.39, 0.29) is 31.9 Å². The molecule has 2 rings (SSSR count). The number of nitrogens with one attached hydrogen (secondary N) is 2. The average molecular weight is 305 g/mol. The molecule has 1 heterocycles. The Morgan fingerprint density at radius 2 is 2.00 bits per heavy atom. The summed E-state index contributed by atoms with van der Waals surface area (Å²) in [4.78, 5) is 36.4. The first-order valence-electron chi connectivity index (χ1n) is 7.11. The molecule has 0 aromatic heterocycles. The van der Waals surface area contributed by atoms with Crippen LogP contribution < -0.4 is 10.6 Å². The summed E-state index contributed by atoms with van der Waals surface area (Å²) in [7, 11) is 0. The van der Waals surface area contributed by atoms with E-state index < -0.39 is 18.0 Å². The monoisotopic (exact) mass is 305 g/mol. The maximum Gasteiger partial charge on any atom is 0.321 e. The molecule has 7 heteroatoms. The number of carbonyl (C=O) groups excluding carboxylic acids is 3. The Morgan fingerprint density at radius 1 is 1.27 bits per heavy atom. The Morgan fingerprint density at radius 3 is 2.64 bits per heavy atom. The van der Waals surface area contributed by atoms with Gasteiger partial charge in [-0.3, -0.25) is 14.9 Å². The Labute approximate surface area is 128 Å². The number of amides is 4. The highest BCUT2D eigenvalue weighted by Gasteiger charge is 2.27. The molecule has 1 aromatic carbocycles. The number of hydrogen-bond donors (Lipinski definition) is 3. The topological polar surface area (TPSA) is 98.7 Å². The fourth-order valence-corrected chi connectivity index (χ4v) is 2.35. The summed E-state index contributed by atoms with van der Waals surface area (Å²) in [6.07, 6.45) is 0.113. The van der Waals surface area contributed by atoms with E-state index in [9.17, 15) is 14.4 Å². The van der Waals surface area contributed by atoms with E-state index in [4.69, 9.17) is 5.11 Å². The smallest absolute Gasteiger partial charge is 0.321 e. The van der Waals surface area contributed by atoms with Gasteiger partial charge in [0.1, 0.15) is 0 Å². The number of urea groups is 1. The first-order chi connectivity index (χ1) is 10.6. The summed E-state index contributed by atoms with van der Waals surface area (Å²) >= 11 is 0. The van der Waals surface area contributed by atoms with Crippen LogP contribution >= 0.6 is 0 Å². The Kier molecular flexibility index (Phi) is 5.48. The number of benzene rings is 1. The molecule has 0 radical (unpaired) electrons. The van der Waals surface area contributed by atoms with Crippen LogP contribution in [-0.2, 0) is 16.1 Å². The second-order valence-electron chi connectivity index (χ2n) is 5.15. The summed E-state index contributed by atoms with van der Waals surface area (Å²) in [6.45, 7) is 0.448. The molecular formula is C15H19N3O4. The molecule has 7 nitrogen and oxygen atoms in total. The molecule has 22 heavy (non-hydrogen) atoms. The third-order valence-electron chi connectivity index (χ3n) is 3.38. The molecule has 1 saturated heterocycles. The van der Waals surface area contributed by atoms with E-state index in [0.717, 1.165) is 5.56 Å². The van der Waals surface area contributed by atoms with Crippen LogP contribution in [0.2, 0.25) is 0 Å². The van der Waals surface area contributed by atoms with Crippen molar-refractivity contribution in [1.82, 2.24) is 15.5 Å². The minimum atomic E-state index is -0.578. The van der Waals surface area contributed by atoms with Gasteiger partial charge in [0.2, 0.25) is 11.8 Å². The zero-order chi connectivity index (χ0) is 15.9. The molecule has 1 atom stereocenters. The SMILES string of the molecule is O=C1CC(CC(=O)N(CCO)Cc2ccccc2)NC(=O)N1. The first kappa shape index (κ1) is 16.0. The van der Waals surface area contributed by atoms with Gasteiger partial charge in [0.15, 0.2) is 0 Å². The lowest BCUT2D eigenvalue weighted by Gasteiger charge is -2.27. The lowest BCUT2D eigenvalue weighted by atomic mass is 10.1. The van der Waals surface area contributed by atoms with Crippen LogP contribution in [0.1, 0.15) is 18.4 Å². The number of carbonyl (C=O) groups is 3. The number of imide groups is 1. The summed E-state index contributed by atoms with van der Waals surface area (Å²) in [6, 6.07) is 8.35. The van der Waals surface area contributed by atoms with Crippen molar-refractivity contribution in [2.24, 2.45) is 0 Å². The largest absolute Gasteiger partial charge is 0.395 e. The van der Waals surface area contributed by atoms with Crippen molar-refractivity contribution in [3.05, 3.63) is 35.9 Å². The van der Waals surface area contributed by atoms with Crippen LogP contribution in [-0.4, -0.2) is 47.0 Å². The van der Waals surface area contributed by atoms with Crippen molar-refractivity contribution < 1.29 is 19.5 Å². The molecule has 3 N–H and O–H groups in total. The normalized spacial score (nSPS) is 17.6. The Balaban J connectivity index is 1.97. The second-order valence-corrected chi connectivity index (χ2v) is 5.15. The quantitative estimate of drug-likeness (QED) is 0.688. The molecule has 4 amide bonds. The van der Waals surface area contributed by atoms with E-state index >= 15 is 0 Å². The number of hydrogen-bond acceptors (Lipinski definition) is 4. The van der Waals surface area contributed by atoms with Crippen LogP contribution in [0.25, 0.3) is 0 Å². The first-order valence-corrected chi connectivity index (χ1v) is 7.11. The van der Waals surface area contributed by atoms with Crippen molar-refractivity contribution in [1.29, 1.82) is 0 Å². The number of rotatable bonds is 6. The average Bonchev–Trinajstić information content (AvgIpc) is 2.46. The van der Waals surface area contributed by atoms with Gasteiger partial charge in [-0.25, -0.2) is 4.79 Å². The van der Waals surface area contributed by atoms with Gasteiger partial charge in [-0.2, -0.15) is 0 Å². The van der Waals surface area contributed by atoms with E-state index in [2.05, 4.69) is 10.6 Å². The molecule has 0 saturated carbocycles. The van der Waals surface area contributed by atoms with E-state index in [1.165, 1.54) is 4.90 Å². The number of aliphatic hydroxyl groups is 1. The van der Waals surface area contributed by atoms with E-state index in [1.54, 1.807) is 0 Å². The Hall–Kier alpha value is -2.41. The van der Waals surface area contributed by atoms with Gasteiger partial charge < -0.3 is 15.3 Å². The van der Waals surface area contributed by atoms with Crippen molar-refractivity contribution >= 4 is 17.8 Å². The van der Waals surface area contributed by atoms with E-state index in [1.807, 2.05) is 30.3 Å². The van der Waals surface area contributed by atoms with Crippen LogP contribution in [0.4, 0.5) is 4.79 Å². The van der Waals surface area contributed by atoms with Crippen LogP contribution in [0.3, 0.4) is 0 Å². The molecule has 1 unspecified atom stereocenters. The molecule has 0 spiro atoms. The van der Waals surface area contributed by atoms with Crippen molar-refractivity contribution in [3.8, 4) is 0 Å². The molecule has 1 aliphatic rings. The molecule has 1 aliphatic heterocycles. The number of aliphatic hydroxyl groups excluding tert-OH is 1. The predicted molar refractivity (Wildman–Crippen MR) is 78.6 cm³/mol. The molecule has 118 valence electrons. The fourth-order valence-electron chi connectivity index (χ4n) is 2.35. The highest BCUT2D eigenvalue weighted by atomic mass is 16.3. The maximum absolute atomic E-state index is 12.4. The fraction of sp³-hybridized carbons (Fsp3) is 0.400. The Bertz CT molecular complexity index is 531. The maximum atomic E-state index is 12.4. The third kappa shape index (κ3) is 4.56. The molecule has 1 aromatic rings. The van der Waals surface area contributed by atoms with Gasteiger partial charge in [0.05, 0.1) is 6.61 Å². The minimum Gasteiger partial charge on any atom is -0.395 e. The molecule has 0 bridgehead atoms. The highest BCUT2D eigenvalue weighted by Crippen LogP contribution is 2.10. The standard InChI is InChI=1S/C15H19N3O4/c19-7-6-18(10-11-4-2-1-3-5-11)14(21)9-12-8-13(20)17-15(22)16-12/h1-5,12,19H,6-10H2,(H2,16,17,20,22). The van der Waals surface area contributed by atoms with Gasteiger partial charge in [0, 0.05) is 32.0 Å². The minimum absolute atomic E-state index is 0.0337. The van der Waals surface area contributed by atoms with Gasteiger partial charge in [-0.15, -0.1) is 0 Å². The van der Waals surface area contributed by atoms with Gasteiger partial charge in [-0.1, -0.05) is 30.3 Å². The van der Waals surface area contributed by atoms with Gasteiger partial charge >= 0.3 is 6.03 Å². The van der Waals surface area contributed by atoms with E-state index in [0.29, 0.717) is 6.54 Å². The third-order valence-corrected chi connectivity index (χ3v) is 3.38. The summed E-state index contributed by atoms with van der Waals surface area (Å²) in [5.74, 6) is -0.601. The zero-order valence-corrected chi connectivity index (χ0v) is 12.1. The van der Waals surface area contributed by atoms with Crippen molar-refractivity contribution in [3.63, 3.8) is 0 Å². The number of nitrogens with zero attached hydrogens (tertiary/aromatic N) is 1. The molecule has 0 aliphatic carbocycles. The summed E-state index contributed by atoms with van der Waals surface area (Å²) in [5.41, 5.74) is 0.953. The predicted octanol–water partition coefficient (Wildman–Crippen LogP) is -0.00430. The lowest BCUT2D eigenvalue weighted by Crippen LogP contribution is -2.53. The van der Waals surface area contributed by atoms with Crippen LogP contribution in [0, 0.1) is 0 Å². The summed E-state index contributed by atoms with van der Waals surface area (Å²) < 4.78 is 0. The van der Waals surface area contributed by atoms with Crippen LogP contribution in [0.5, 0.6) is 0 Å².